The molecule has 2 aromatic carbocycles. The average molecular weight is 440 g/mol. The number of fused-ring (bicyclic) bond motifs is 3. The normalized spacial score (nSPS) is 23.2. The van der Waals surface area contributed by atoms with Crippen LogP contribution in [0.1, 0.15) is 30.0 Å². The molecule has 0 radical (unpaired) electrons. The number of nitrogens with zero attached hydrogens (tertiary/aromatic N) is 2. The number of hydrogen-bond donors (Lipinski definition) is 1. The summed E-state index contributed by atoms with van der Waals surface area (Å²) in [5.74, 6) is 0. The Labute approximate surface area is 186 Å². The van der Waals surface area contributed by atoms with Crippen molar-refractivity contribution in [3.8, 4) is 0 Å². The highest BCUT2D eigenvalue weighted by Crippen LogP contribution is 2.44. The van der Waals surface area contributed by atoms with E-state index in [0.29, 0.717) is 0 Å². The predicted molar refractivity (Wildman–Crippen MR) is 124 cm³/mol. The molecule has 156 valence electrons. The number of para-hydroxylation sites is 1. The maximum atomic E-state index is 12.7. The van der Waals surface area contributed by atoms with Crippen LogP contribution in [0.3, 0.4) is 0 Å². The number of amides is 1. The summed E-state index contributed by atoms with van der Waals surface area (Å²) < 4.78 is 5.75. The van der Waals surface area contributed by atoms with Gasteiger partial charge in [0.25, 0.3) is 0 Å². The van der Waals surface area contributed by atoms with Gasteiger partial charge >= 0.3 is 6.09 Å². The van der Waals surface area contributed by atoms with Crippen LogP contribution in [0.15, 0.2) is 53.4 Å². The van der Waals surface area contributed by atoms with Gasteiger partial charge in [-0.15, -0.1) is 11.8 Å². The number of rotatable bonds is 3. The molecule has 0 spiro atoms. The number of benzene rings is 2. The van der Waals surface area contributed by atoms with Crippen LogP contribution in [0.5, 0.6) is 0 Å². The summed E-state index contributed by atoms with van der Waals surface area (Å²) in [4.78, 5) is 18.1. The van der Waals surface area contributed by atoms with Gasteiger partial charge in [0.15, 0.2) is 5.11 Å². The highest BCUT2D eigenvalue weighted by molar-refractivity contribution is 7.98. The summed E-state index contributed by atoms with van der Waals surface area (Å²) in [5, 5.41) is 4.16. The second kappa shape index (κ2) is 8.12. The van der Waals surface area contributed by atoms with Gasteiger partial charge in [0.2, 0.25) is 0 Å². The molecular weight excluding hydrogens is 414 g/mol. The first kappa shape index (κ1) is 19.7. The molecule has 3 aliphatic rings. The first-order valence-corrected chi connectivity index (χ1v) is 12.0. The second-order valence-corrected chi connectivity index (χ2v) is 9.26. The third-order valence-corrected chi connectivity index (χ3v) is 7.56. The number of thiocarbonyl (C=S) groups is 1. The lowest BCUT2D eigenvalue weighted by Gasteiger charge is -2.39. The summed E-state index contributed by atoms with van der Waals surface area (Å²) in [7, 11) is 0. The Morgan fingerprint density at radius 2 is 1.87 bits per heavy atom. The van der Waals surface area contributed by atoms with E-state index < -0.39 is 0 Å². The summed E-state index contributed by atoms with van der Waals surface area (Å²) in [5.41, 5.74) is 3.60. The van der Waals surface area contributed by atoms with Crippen molar-refractivity contribution in [2.75, 3.05) is 24.7 Å². The van der Waals surface area contributed by atoms with Crippen LogP contribution < -0.4 is 5.32 Å². The first-order valence-electron chi connectivity index (χ1n) is 10.4. The van der Waals surface area contributed by atoms with Crippen molar-refractivity contribution >= 4 is 40.9 Å². The molecule has 5 rings (SSSR count). The maximum Gasteiger partial charge on any atom is 0.411 e. The van der Waals surface area contributed by atoms with Gasteiger partial charge in [0.1, 0.15) is 6.10 Å². The molecule has 0 aromatic heterocycles. The molecule has 1 amide bonds. The van der Waals surface area contributed by atoms with Crippen LogP contribution >= 0.6 is 24.0 Å². The quantitative estimate of drug-likeness (QED) is 0.553. The lowest BCUT2D eigenvalue weighted by atomic mass is 9.99. The Balaban J connectivity index is 1.25. The Bertz CT molecular complexity index is 974. The summed E-state index contributed by atoms with van der Waals surface area (Å²) in [6.07, 6.45) is 4.48. The minimum Gasteiger partial charge on any atom is -0.443 e. The lowest BCUT2D eigenvalue weighted by Crippen LogP contribution is -2.48. The van der Waals surface area contributed by atoms with Crippen LogP contribution in [0, 0.1) is 0 Å². The van der Waals surface area contributed by atoms with Crippen LogP contribution in [0.4, 0.5) is 10.5 Å². The zero-order valence-electron chi connectivity index (χ0n) is 16.9. The van der Waals surface area contributed by atoms with Gasteiger partial charge in [-0.2, -0.15) is 0 Å². The number of thioether (sulfide) groups is 1. The highest BCUT2D eigenvalue weighted by Gasteiger charge is 2.50. The van der Waals surface area contributed by atoms with E-state index in [1.807, 2.05) is 17.0 Å². The topological polar surface area (TPSA) is 44.8 Å². The maximum absolute atomic E-state index is 12.7. The molecule has 0 saturated carbocycles. The van der Waals surface area contributed by atoms with Gasteiger partial charge in [-0.3, -0.25) is 4.90 Å². The Kier molecular flexibility index (Phi) is 5.33. The number of piperidine rings is 1. The van der Waals surface area contributed by atoms with Crippen LogP contribution in [-0.2, 0) is 11.2 Å². The smallest absolute Gasteiger partial charge is 0.411 e. The third kappa shape index (κ3) is 3.44. The molecule has 2 saturated heterocycles. The lowest BCUT2D eigenvalue weighted by molar-refractivity contribution is 0.118. The molecule has 0 bridgehead atoms. The van der Waals surface area contributed by atoms with Crippen molar-refractivity contribution < 1.29 is 9.53 Å². The van der Waals surface area contributed by atoms with Crippen molar-refractivity contribution in [2.24, 2.45) is 0 Å². The molecular formula is C23H25N3O2S2. The number of ether oxygens (including phenoxy) is 1. The van der Waals surface area contributed by atoms with Crippen molar-refractivity contribution in [1.29, 1.82) is 0 Å². The Morgan fingerprint density at radius 1 is 1.13 bits per heavy atom. The SMILES string of the molecule is CSc1ccccc1NC(=S)N1CCC(N2C(=O)O[C@H]3Cc4ccccc4[C@H]32)CC1. The van der Waals surface area contributed by atoms with E-state index in [2.05, 4.69) is 52.9 Å². The first-order chi connectivity index (χ1) is 14.7. The van der Waals surface area contributed by atoms with Crippen LogP contribution in [-0.4, -0.2) is 52.5 Å². The van der Waals surface area contributed by atoms with E-state index in [1.54, 1.807) is 11.8 Å². The molecule has 7 heteroatoms. The summed E-state index contributed by atoms with van der Waals surface area (Å²) in [6.45, 7) is 1.67. The molecule has 1 N–H and O–H groups in total. The minimum atomic E-state index is -0.160. The summed E-state index contributed by atoms with van der Waals surface area (Å²) >= 11 is 7.39. The van der Waals surface area contributed by atoms with E-state index in [1.165, 1.54) is 16.0 Å². The van der Waals surface area contributed by atoms with Gasteiger partial charge in [-0.05, 0) is 54.6 Å². The van der Waals surface area contributed by atoms with Crippen molar-refractivity contribution in [1.82, 2.24) is 9.80 Å². The fourth-order valence-corrected chi connectivity index (χ4v) is 5.79. The number of likely N-dealkylation sites (tertiary alicyclic amines) is 1. The monoisotopic (exact) mass is 439 g/mol. The molecule has 1 aliphatic carbocycles. The predicted octanol–water partition coefficient (Wildman–Crippen LogP) is 4.69. The largest absolute Gasteiger partial charge is 0.443 e. The number of carbonyl (C=O) groups excluding carboxylic acids is 1. The fourth-order valence-electron chi connectivity index (χ4n) is 4.94. The molecule has 5 nitrogen and oxygen atoms in total. The number of carbonyl (C=O) groups is 1. The van der Waals surface area contributed by atoms with Crippen molar-refractivity contribution in [3.05, 3.63) is 59.7 Å². The van der Waals surface area contributed by atoms with Gasteiger partial charge < -0.3 is 15.0 Å². The fraction of sp³-hybridized carbons (Fsp3) is 0.391. The zero-order valence-corrected chi connectivity index (χ0v) is 18.5. The van der Waals surface area contributed by atoms with Crippen LogP contribution in [0.25, 0.3) is 0 Å². The van der Waals surface area contributed by atoms with E-state index in [-0.39, 0.29) is 24.3 Å². The molecule has 2 fully saturated rings. The van der Waals surface area contributed by atoms with Gasteiger partial charge in [0, 0.05) is 30.4 Å². The van der Waals surface area contributed by atoms with Gasteiger partial charge in [-0.1, -0.05) is 36.4 Å². The molecule has 2 atom stereocenters. The number of nitrogens with one attached hydrogen (secondary N) is 1. The van der Waals surface area contributed by atoms with Gasteiger partial charge in [-0.25, -0.2) is 4.79 Å². The molecule has 2 aliphatic heterocycles. The highest BCUT2D eigenvalue weighted by atomic mass is 32.2. The van der Waals surface area contributed by atoms with E-state index in [9.17, 15) is 4.79 Å². The standard InChI is InChI=1S/C23H25N3O2S2/c1-30-20-9-5-4-8-18(20)24-22(29)25-12-10-16(11-13-25)26-21-17-7-3-2-6-15(17)14-19(21)28-23(26)27/h2-9,16,19,21H,10-14H2,1H3,(H,24,29)/t19-,21+/m0/s1. The minimum absolute atomic E-state index is 0.0429. The van der Waals surface area contributed by atoms with E-state index in [4.69, 9.17) is 17.0 Å². The van der Waals surface area contributed by atoms with E-state index >= 15 is 0 Å². The van der Waals surface area contributed by atoms with Crippen molar-refractivity contribution in [2.45, 2.75) is 42.3 Å². The molecule has 2 heterocycles. The third-order valence-electron chi connectivity index (χ3n) is 6.40. The molecule has 30 heavy (non-hydrogen) atoms. The van der Waals surface area contributed by atoms with Crippen molar-refractivity contribution in [3.63, 3.8) is 0 Å². The van der Waals surface area contributed by atoms with Gasteiger partial charge in [0.05, 0.1) is 11.7 Å². The Morgan fingerprint density at radius 3 is 2.67 bits per heavy atom. The average Bonchev–Trinajstić information content (AvgIpc) is 3.28. The Hall–Kier alpha value is -2.25. The summed E-state index contributed by atoms with van der Waals surface area (Å²) in [6, 6.07) is 16.9. The second-order valence-electron chi connectivity index (χ2n) is 8.03. The number of hydrogen-bond acceptors (Lipinski definition) is 4. The molecule has 2 aromatic rings. The van der Waals surface area contributed by atoms with E-state index in [0.717, 1.165) is 43.2 Å². The zero-order chi connectivity index (χ0) is 20.7. The molecule has 0 unspecified atom stereocenters. The van der Waals surface area contributed by atoms with Crippen LogP contribution in [0.2, 0.25) is 0 Å². The number of anilines is 1.